The van der Waals surface area contributed by atoms with E-state index < -0.39 is 6.10 Å². The van der Waals surface area contributed by atoms with Gasteiger partial charge >= 0.3 is 0 Å². The van der Waals surface area contributed by atoms with Crippen molar-refractivity contribution >= 4 is 0 Å². The van der Waals surface area contributed by atoms with Crippen LogP contribution in [0.3, 0.4) is 0 Å². The van der Waals surface area contributed by atoms with E-state index in [0.29, 0.717) is 11.6 Å². The fourth-order valence-corrected chi connectivity index (χ4v) is 2.93. The topological polar surface area (TPSA) is 45.6 Å². The predicted molar refractivity (Wildman–Crippen MR) is 79.3 cm³/mol. The molecule has 0 aliphatic carbocycles. The number of aromatic nitrogens is 1. The monoisotopic (exact) mass is 296 g/mol. The normalized spacial score (nSPS) is 26.5. The van der Waals surface area contributed by atoms with Crippen molar-refractivity contribution in [1.82, 2.24) is 9.88 Å². The maximum atomic E-state index is 12.9. The summed E-state index contributed by atoms with van der Waals surface area (Å²) in [4.78, 5) is 6.29. The number of hydrogen-bond acceptors (Lipinski definition) is 4. The molecule has 0 saturated carbocycles. The largest absolute Gasteiger partial charge is 0.386 e. The number of pyridine rings is 1. The molecule has 1 saturated heterocycles. The fourth-order valence-electron chi connectivity index (χ4n) is 2.93. The van der Waals surface area contributed by atoms with Crippen LogP contribution in [-0.2, 0) is 4.74 Å². The van der Waals surface area contributed by atoms with Crippen molar-refractivity contribution in [3.05, 3.63) is 29.8 Å². The molecule has 0 bridgehead atoms. The van der Waals surface area contributed by atoms with E-state index in [9.17, 15) is 9.50 Å². The van der Waals surface area contributed by atoms with Crippen molar-refractivity contribution in [2.75, 3.05) is 26.7 Å². The third-order valence-electron chi connectivity index (χ3n) is 4.41. The molecule has 1 aromatic heterocycles. The van der Waals surface area contributed by atoms with E-state index in [1.54, 1.807) is 13.2 Å². The van der Waals surface area contributed by atoms with E-state index >= 15 is 0 Å². The number of likely N-dealkylation sites (tertiary alicyclic amines) is 1. The molecule has 4 nitrogen and oxygen atoms in total. The van der Waals surface area contributed by atoms with E-state index in [1.807, 2.05) is 6.92 Å². The van der Waals surface area contributed by atoms with Gasteiger partial charge in [-0.25, -0.2) is 4.39 Å². The Balaban J connectivity index is 1.91. The lowest BCUT2D eigenvalue weighted by Gasteiger charge is -2.38. The van der Waals surface area contributed by atoms with Gasteiger partial charge in [-0.05, 0) is 31.0 Å². The van der Waals surface area contributed by atoms with Crippen molar-refractivity contribution in [3.8, 4) is 0 Å². The Hall–Kier alpha value is -1.04. The maximum absolute atomic E-state index is 12.9. The van der Waals surface area contributed by atoms with Crippen molar-refractivity contribution in [3.63, 3.8) is 0 Å². The predicted octanol–water partition coefficient (Wildman–Crippen LogP) is 2.25. The van der Waals surface area contributed by atoms with Gasteiger partial charge in [-0.1, -0.05) is 13.8 Å². The molecule has 118 valence electrons. The molecule has 0 spiro atoms. The molecule has 2 heterocycles. The Morgan fingerprint density at radius 1 is 1.52 bits per heavy atom. The number of methoxy groups -OCH3 is 1. The molecule has 1 aliphatic rings. The summed E-state index contributed by atoms with van der Waals surface area (Å²) in [5, 5.41) is 10.3. The van der Waals surface area contributed by atoms with Gasteiger partial charge in [0.2, 0.25) is 0 Å². The number of piperidine rings is 1. The van der Waals surface area contributed by atoms with Gasteiger partial charge in [0.25, 0.3) is 0 Å². The van der Waals surface area contributed by atoms with E-state index in [1.165, 1.54) is 6.07 Å². The molecule has 4 atom stereocenters. The highest BCUT2D eigenvalue weighted by Gasteiger charge is 2.28. The van der Waals surface area contributed by atoms with E-state index in [-0.39, 0.29) is 17.8 Å². The van der Waals surface area contributed by atoms with Crippen molar-refractivity contribution in [2.45, 2.75) is 32.5 Å². The summed E-state index contributed by atoms with van der Waals surface area (Å²) >= 11 is 0. The Morgan fingerprint density at radius 3 is 2.90 bits per heavy atom. The smallest absolute Gasteiger partial charge is 0.141 e. The number of aliphatic hydroxyl groups is 1. The highest BCUT2D eigenvalue weighted by atomic mass is 19.1. The highest BCUT2D eigenvalue weighted by Crippen LogP contribution is 2.24. The highest BCUT2D eigenvalue weighted by molar-refractivity contribution is 5.09. The first kappa shape index (κ1) is 16.3. The lowest BCUT2D eigenvalue weighted by Crippen LogP contribution is -2.45. The van der Waals surface area contributed by atoms with Crippen LogP contribution in [0.1, 0.15) is 32.1 Å². The standard InChI is InChI=1S/C16H25FN2O2/c1-11-6-7-19(10-15(11)21-3)9-12(2)16(20)14-5-4-13(17)8-18-14/h4-5,8,11-12,15-16,20H,6-7,9-10H2,1-3H3. The number of hydrogen-bond donors (Lipinski definition) is 1. The number of rotatable bonds is 5. The van der Waals surface area contributed by atoms with E-state index in [4.69, 9.17) is 4.74 Å². The zero-order valence-electron chi connectivity index (χ0n) is 13.0. The molecule has 2 rings (SSSR count). The van der Waals surface area contributed by atoms with Crippen LogP contribution in [0.4, 0.5) is 4.39 Å². The minimum absolute atomic E-state index is 0.0360. The molecule has 1 aliphatic heterocycles. The van der Waals surface area contributed by atoms with Gasteiger partial charge in [-0.2, -0.15) is 0 Å². The van der Waals surface area contributed by atoms with Gasteiger partial charge in [-0.3, -0.25) is 4.98 Å². The Bertz CT molecular complexity index is 440. The third-order valence-corrected chi connectivity index (χ3v) is 4.41. The first-order chi connectivity index (χ1) is 10.0. The van der Waals surface area contributed by atoms with Gasteiger partial charge < -0.3 is 14.7 Å². The Kier molecular flexibility index (Phi) is 5.67. The summed E-state index contributed by atoms with van der Waals surface area (Å²) in [6.07, 6.45) is 1.84. The zero-order valence-corrected chi connectivity index (χ0v) is 13.0. The molecule has 4 unspecified atom stereocenters. The van der Waals surface area contributed by atoms with E-state index in [0.717, 1.165) is 32.3 Å². The molecule has 21 heavy (non-hydrogen) atoms. The summed E-state index contributed by atoms with van der Waals surface area (Å²) in [7, 11) is 1.76. The van der Waals surface area contributed by atoms with Crippen LogP contribution in [0.25, 0.3) is 0 Å². The van der Waals surface area contributed by atoms with Crippen molar-refractivity contribution in [2.24, 2.45) is 11.8 Å². The lowest BCUT2D eigenvalue weighted by molar-refractivity contribution is -0.0170. The second-order valence-corrected chi connectivity index (χ2v) is 6.12. The van der Waals surface area contributed by atoms with Crippen LogP contribution in [0, 0.1) is 17.7 Å². The molecular formula is C16H25FN2O2. The quantitative estimate of drug-likeness (QED) is 0.905. The number of halogens is 1. The van der Waals surface area contributed by atoms with Gasteiger partial charge in [0.15, 0.2) is 0 Å². The molecule has 0 amide bonds. The second kappa shape index (κ2) is 7.29. The first-order valence-electron chi connectivity index (χ1n) is 7.56. The SMILES string of the molecule is COC1CN(CC(C)C(O)c2ccc(F)cn2)CCC1C. The minimum atomic E-state index is -0.675. The van der Waals surface area contributed by atoms with Crippen LogP contribution in [-0.4, -0.2) is 47.8 Å². The van der Waals surface area contributed by atoms with Crippen LogP contribution >= 0.6 is 0 Å². The summed E-state index contributed by atoms with van der Waals surface area (Å²) in [6, 6.07) is 2.88. The number of aliphatic hydroxyl groups excluding tert-OH is 1. The zero-order chi connectivity index (χ0) is 15.4. The molecule has 5 heteroatoms. The van der Waals surface area contributed by atoms with Crippen LogP contribution in [0.15, 0.2) is 18.3 Å². The van der Waals surface area contributed by atoms with Crippen LogP contribution in [0.2, 0.25) is 0 Å². The van der Waals surface area contributed by atoms with Crippen molar-refractivity contribution in [1.29, 1.82) is 0 Å². The molecule has 1 aromatic rings. The summed E-state index contributed by atoms with van der Waals surface area (Å²) < 4.78 is 18.4. The summed E-state index contributed by atoms with van der Waals surface area (Å²) in [5.41, 5.74) is 0.526. The van der Waals surface area contributed by atoms with Gasteiger partial charge in [0.05, 0.1) is 24.1 Å². The summed E-state index contributed by atoms with van der Waals surface area (Å²) in [6.45, 7) is 6.91. The van der Waals surface area contributed by atoms with E-state index in [2.05, 4.69) is 16.8 Å². The summed E-state index contributed by atoms with van der Waals surface area (Å²) in [5.74, 6) is 0.227. The number of nitrogens with zero attached hydrogens (tertiary/aromatic N) is 2. The third kappa shape index (κ3) is 4.22. The maximum Gasteiger partial charge on any atom is 0.141 e. The van der Waals surface area contributed by atoms with Gasteiger partial charge in [-0.15, -0.1) is 0 Å². The molecule has 1 fully saturated rings. The molecular weight excluding hydrogens is 271 g/mol. The number of ether oxygens (including phenoxy) is 1. The Morgan fingerprint density at radius 2 is 2.29 bits per heavy atom. The van der Waals surface area contributed by atoms with Gasteiger partial charge in [0, 0.05) is 26.1 Å². The first-order valence-corrected chi connectivity index (χ1v) is 7.56. The molecule has 1 N–H and O–H groups in total. The molecule has 0 aromatic carbocycles. The molecule has 0 radical (unpaired) electrons. The van der Waals surface area contributed by atoms with Crippen molar-refractivity contribution < 1.29 is 14.2 Å². The average molecular weight is 296 g/mol. The van der Waals surface area contributed by atoms with Crippen LogP contribution in [0.5, 0.6) is 0 Å². The Labute approximate surface area is 125 Å². The van der Waals surface area contributed by atoms with Crippen LogP contribution < -0.4 is 0 Å². The average Bonchev–Trinajstić information content (AvgIpc) is 2.49. The fraction of sp³-hybridized carbons (Fsp3) is 0.688. The lowest BCUT2D eigenvalue weighted by atomic mass is 9.93. The minimum Gasteiger partial charge on any atom is -0.386 e. The second-order valence-electron chi connectivity index (χ2n) is 6.12. The van der Waals surface area contributed by atoms with Gasteiger partial charge in [0.1, 0.15) is 5.82 Å².